The Bertz CT molecular complexity index is 1530. The molecule has 39 heavy (non-hydrogen) atoms. The Labute approximate surface area is 227 Å². The average molecular weight is 589 g/mol. The molecule has 3 heterocycles. The second-order valence-electron chi connectivity index (χ2n) is 8.73. The van der Waals surface area contributed by atoms with Crippen LogP contribution in [0.3, 0.4) is 0 Å². The number of aliphatic hydroxyl groups is 3. The predicted octanol–water partition coefficient (Wildman–Crippen LogP) is 3.09. The molecule has 0 amide bonds. The number of rotatable bonds is 5. The van der Waals surface area contributed by atoms with E-state index in [0.717, 1.165) is 10.7 Å². The van der Waals surface area contributed by atoms with Gasteiger partial charge in [-0.3, -0.25) is 0 Å². The second kappa shape index (κ2) is 10.4. The topological polar surface area (TPSA) is 131 Å². The lowest BCUT2D eigenvalue weighted by Crippen LogP contribution is -2.53. The molecule has 1 fully saturated rings. The third-order valence-electron chi connectivity index (χ3n) is 6.20. The molecule has 5 rings (SSSR count). The van der Waals surface area contributed by atoms with Gasteiger partial charge in [-0.1, -0.05) is 28.4 Å². The van der Waals surface area contributed by atoms with Gasteiger partial charge in [0.2, 0.25) is 0 Å². The molecular weight excluding hydrogens is 571 g/mol. The fraction of sp³-hybridized carbons (Fsp3) is 0.304. The van der Waals surface area contributed by atoms with Gasteiger partial charge >= 0.3 is 0 Å². The van der Waals surface area contributed by atoms with Gasteiger partial charge in [-0.2, -0.15) is 5.10 Å². The van der Waals surface area contributed by atoms with E-state index in [-0.39, 0.29) is 38.6 Å². The van der Waals surface area contributed by atoms with Crippen molar-refractivity contribution in [2.24, 2.45) is 0 Å². The van der Waals surface area contributed by atoms with Crippen LogP contribution in [0.25, 0.3) is 16.9 Å². The van der Waals surface area contributed by atoms with E-state index in [1.54, 1.807) is 0 Å². The quantitative estimate of drug-likeness (QED) is 0.184. The van der Waals surface area contributed by atoms with E-state index in [1.807, 2.05) is 0 Å². The molecule has 0 unspecified atom stereocenters. The van der Waals surface area contributed by atoms with Gasteiger partial charge in [-0.05, 0) is 31.2 Å². The molecule has 0 aliphatic carbocycles. The van der Waals surface area contributed by atoms with Gasteiger partial charge < -0.3 is 20.1 Å². The summed E-state index contributed by atoms with van der Waals surface area (Å²) >= 11 is 12.1. The Morgan fingerprint density at radius 1 is 0.974 bits per heavy atom. The molecule has 3 N–H and O–H groups in total. The first-order valence-electron chi connectivity index (χ1n) is 11.3. The number of benzene rings is 2. The van der Waals surface area contributed by atoms with Gasteiger partial charge in [-0.15, -0.1) is 5.10 Å². The zero-order valence-electron chi connectivity index (χ0n) is 19.7. The van der Waals surface area contributed by atoms with Crippen LogP contribution in [0.2, 0.25) is 10.0 Å². The smallest absolute Gasteiger partial charge is 0.194 e. The Morgan fingerprint density at radius 3 is 2.33 bits per heavy atom. The highest BCUT2D eigenvalue weighted by Gasteiger charge is 2.48. The maximum atomic E-state index is 13.9. The van der Waals surface area contributed by atoms with Crippen molar-refractivity contribution in [2.45, 2.75) is 37.4 Å². The van der Waals surface area contributed by atoms with E-state index in [0.29, 0.717) is 12.1 Å². The molecule has 1 aliphatic heterocycles. The molecule has 16 heteroatoms. The van der Waals surface area contributed by atoms with Crippen molar-refractivity contribution in [3.63, 3.8) is 0 Å². The van der Waals surface area contributed by atoms with E-state index in [2.05, 4.69) is 20.4 Å². The van der Waals surface area contributed by atoms with Crippen molar-refractivity contribution in [1.82, 2.24) is 29.8 Å². The minimum atomic E-state index is -1.66. The van der Waals surface area contributed by atoms with E-state index in [1.165, 1.54) is 23.9 Å². The normalized spacial score (nSPS) is 23.4. The van der Waals surface area contributed by atoms with Crippen LogP contribution in [-0.4, -0.2) is 70.0 Å². The highest BCUT2D eigenvalue weighted by Crippen LogP contribution is 2.39. The fourth-order valence-corrected chi connectivity index (χ4v) is 4.74. The lowest BCUT2D eigenvalue weighted by atomic mass is 9.92. The molecule has 1 saturated heterocycles. The van der Waals surface area contributed by atoms with Crippen molar-refractivity contribution >= 4 is 23.2 Å². The molecule has 5 atom stereocenters. The number of aliphatic hydroxyl groups excluding tert-OH is 3. The van der Waals surface area contributed by atoms with Crippen LogP contribution in [0.4, 0.5) is 17.6 Å². The van der Waals surface area contributed by atoms with Gasteiger partial charge in [-0.25, -0.2) is 31.9 Å². The number of hydrogen-bond acceptors (Lipinski definition) is 8. The average Bonchev–Trinajstić information content (AvgIpc) is 3.52. The van der Waals surface area contributed by atoms with Crippen molar-refractivity contribution in [2.75, 3.05) is 6.61 Å². The molecule has 0 spiro atoms. The minimum Gasteiger partial charge on any atom is -0.394 e. The van der Waals surface area contributed by atoms with Crippen molar-refractivity contribution < 1.29 is 37.6 Å². The molecule has 0 bridgehead atoms. The third kappa shape index (κ3) is 4.88. The standard InChI is InChI=1S/C23H18Cl2F4N6O4/c1-8-30-23(35(32-8)16-5-10(24)12(26)4-11(16)25)22-21(38)19(20(37)17(7-36)39-22)34-6-15(31-33-34)9-2-13(27)18(29)14(28)3-9/h2-6,17,19-22,36-38H,7H2,1H3/t17-,19+,20+,21-,22-/m1/s1. The highest BCUT2D eigenvalue weighted by molar-refractivity contribution is 6.34. The molecule has 10 nitrogen and oxygen atoms in total. The van der Waals surface area contributed by atoms with Crippen LogP contribution in [-0.2, 0) is 4.74 Å². The first kappa shape index (κ1) is 27.4. The summed E-state index contributed by atoms with van der Waals surface area (Å²) in [5.74, 6) is -5.13. The molecule has 0 saturated carbocycles. The maximum Gasteiger partial charge on any atom is 0.194 e. The number of ether oxygens (including phenoxy) is 1. The first-order chi connectivity index (χ1) is 18.5. The second-order valence-corrected chi connectivity index (χ2v) is 9.55. The van der Waals surface area contributed by atoms with Crippen LogP contribution in [0.1, 0.15) is 23.8 Å². The Hall–Kier alpha value is -3.14. The molecule has 2 aromatic carbocycles. The van der Waals surface area contributed by atoms with E-state index in [4.69, 9.17) is 27.9 Å². The summed E-state index contributed by atoms with van der Waals surface area (Å²) in [6.07, 6.45) is -4.61. The largest absolute Gasteiger partial charge is 0.394 e. The predicted molar refractivity (Wildman–Crippen MR) is 127 cm³/mol. The highest BCUT2D eigenvalue weighted by atomic mass is 35.5. The molecule has 2 aromatic heterocycles. The summed E-state index contributed by atoms with van der Waals surface area (Å²) in [4.78, 5) is 4.30. The summed E-state index contributed by atoms with van der Waals surface area (Å²) in [6.45, 7) is 0.849. The van der Waals surface area contributed by atoms with Crippen molar-refractivity contribution in [1.29, 1.82) is 0 Å². The molecular formula is C23H18Cl2F4N6O4. The van der Waals surface area contributed by atoms with Gasteiger partial charge in [0, 0.05) is 5.56 Å². The monoisotopic (exact) mass is 588 g/mol. The zero-order chi connectivity index (χ0) is 28.2. The van der Waals surface area contributed by atoms with Gasteiger partial charge in [0.15, 0.2) is 23.3 Å². The summed E-state index contributed by atoms with van der Waals surface area (Å²) in [7, 11) is 0. The van der Waals surface area contributed by atoms with E-state index >= 15 is 0 Å². The first-order valence-corrected chi connectivity index (χ1v) is 12.0. The maximum absolute atomic E-state index is 13.9. The van der Waals surface area contributed by atoms with Crippen LogP contribution >= 0.6 is 23.2 Å². The van der Waals surface area contributed by atoms with Crippen LogP contribution in [0.5, 0.6) is 0 Å². The van der Waals surface area contributed by atoms with Crippen molar-refractivity contribution in [3.8, 4) is 16.9 Å². The van der Waals surface area contributed by atoms with Gasteiger partial charge in [0.1, 0.15) is 47.8 Å². The zero-order valence-corrected chi connectivity index (χ0v) is 21.2. The Balaban J connectivity index is 1.56. The van der Waals surface area contributed by atoms with Crippen LogP contribution in [0, 0.1) is 30.2 Å². The summed E-state index contributed by atoms with van der Waals surface area (Å²) < 4.78 is 62.8. The van der Waals surface area contributed by atoms with E-state index < -0.39 is 60.3 Å². The minimum absolute atomic E-state index is 0.0251. The lowest BCUT2D eigenvalue weighted by Gasteiger charge is -2.41. The summed E-state index contributed by atoms with van der Waals surface area (Å²) in [5.41, 5.74) is -0.134. The molecule has 206 valence electrons. The van der Waals surface area contributed by atoms with Crippen LogP contribution < -0.4 is 0 Å². The van der Waals surface area contributed by atoms with Gasteiger partial charge in [0.05, 0.1) is 28.5 Å². The van der Waals surface area contributed by atoms with Crippen molar-refractivity contribution in [3.05, 3.63) is 75.4 Å². The molecule has 1 aliphatic rings. The Kier molecular flexibility index (Phi) is 7.35. The number of halogens is 6. The molecule has 0 radical (unpaired) electrons. The van der Waals surface area contributed by atoms with E-state index in [9.17, 15) is 32.9 Å². The third-order valence-corrected chi connectivity index (χ3v) is 6.79. The van der Waals surface area contributed by atoms with Gasteiger partial charge in [0.25, 0.3) is 0 Å². The van der Waals surface area contributed by atoms with Crippen LogP contribution in [0.15, 0.2) is 30.5 Å². The number of aryl methyl sites for hydroxylation is 1. The Morgan fingerprint density at radius 2 is 1.67 bits per heavy atom. The number of hydrogen-bond donors (Lipinski definition) is 3. The SMILES string of the molecule is Cc1nc([C@@H]2O[C@H](CO)[C@H](O)[C@H](n3cc(-c4cc(F)c(F)c(F)c4)nn3)[C@H]2O)n(-c2cc(Cl)c(F)cc2Cl)n1. The fourth-order valence-electron chi connectivity index (χ4n) is 4.35. The number of aromatic nitrogens is 6. The number of nitrogens with zero attached hydrogens (tertiary/aromatic N) is 6. The molecule has 4 aromatic rings. The lowest BCUT2D eigenvalue weighted by molar-refractivity contribution is -0.210. The summed E-state index contributed by atoms with van der Waals surface area (Å²) in [6, 6.07) is 2.28. The summed E-state index contributed by atoms with van der Waals surface area (Å²) in [5, 5.41) is 43.7.